The second kappa shape index (κ2) is 6.30. The molecule has 3 heteroatoms. The topological polar surface area (TPSA) is 36.4 Å². The Bertz CT molecular complexity index is 392. The highest BCUT2D eigenvalue weighted by atomic mass is 16.3. The van der Waals surface area contributed by atoms with Crippen LogP contribution in [0.2, 0.25) is 0 Å². The molecule has 1 heterocycles. The smallest absolute Gasteiger partial charge is 0.0558 e. The van der Waals surface area contributed by atoms with Gasteiger partial charge in [0.05, 0.1) is 6.61 Å². The zero-order valence-electron chi connectivity index (χ0n) is 11.5. The third-order valence-corrected chi connectivity index (χ3v) is 3.88. The fourth-order valence-electron chi connectivity index (χ4n) is 2.75. The van der Waals surface area contributed by atoms with Gasteiger partial charge in [-0.15, -0.1) is 0 Å². The summed E-state index contributed by atoms with van der Waals surface area (Å²) < 4.78 is 0. The third kappa shape index (κ3) is 3.09. The highest BCUT2D eigenvalue weighted by molar-refractivity contribution is 5.27. The molecule has 0 radical (unpaired) electrons. The van der Waals surface area contributed by atoms with Crippen LogP contribution in [0.15, 0.2) is 12.1 Å². The number of likely N-dealkylation sites (N-methyl/N-ethyl adjacent to an activating group) is 1. The molecule has 1 N–H and O–H groups in total. The Morgan fingerprint density at radius 2 is 2.28 bits per heavy atom. The van der Waals surface area contributed by atoms with Crippen molar-refractivity contribution in [3.05, 3.63) is 29.1 Å². The standard InChI is InChI=1S/C15H24N2O/c1-3-4-13-6-5-12-11-14(17(2)9-10-18)7-8-15(12)16-13/h5-6,14,18H,3-4,7-11H2,1-2H3/t14-/m0/s1. The molecule has 1 atom stereocenters. The Hall–Kier alpha value is -0.930. The maximum atomic E-state index is 9.00. The first kappa shape index (κ1) is 13.5. The molecule has 18 heavy (non-hydrogen) atoms. The van der Waals surface area contributed by atoms with Gasteiger partial charge in [0.15, 0.2) is 0 Å². The second-order valence-electron chi connectivity index (χ2n) is 5.26. The van der Waals surface area contributed by atoms with E-state index in [-0.39, 0.29) is 6.61 Å². The fourth-order valence-corrected chi connectivity index (χ4v) is 2.75. The highest BCUT2D eigenvalue weighted by Crippen LogP contribution is 2.23. The van der Waals surface area contributed by atoms with Crippen molar-refractivity contribution >= 4 is 0 Å². The number of nitrogens with zero attached hydrogens (tertiary/aromatic N) is 2. The van der Waals surface area contributed by atoms with Crippen LogP contribution < -0.4 is 0 Å². The molecule has 0 bridgehead atoms. The number of hydrogen-bond acceptors (Lipinski definition) is 3. The molecule has 1 aromatic rings. The van der Waals surface area contributed by atoms with Gasteiger partial charge in [0.25, 0.3) is 0 Å². The minimum Gasteiger partial charge on any atom is -0.395 e. The molecule has 0 saturated carbocycles. The Labute approximate surface area is 110 Å². The molecule has 100 valence electrons. The monoisotopic (exact) mass is 248 g/mol. The molecular formula is C15H24N2O. The van der Waals surface area contributed by atoms with E-state index in [0.717, 1.165) is 38.6 Å². The van der Waals surface area contributed by atoms with Crippen LogP contribution in [0.25, 0.3) is 0 Å². The van der Waals surface area contributed by atoms with E-state index in [1.165, 1.54) is 17.0 Å². The highest BCUT2D eigenvalue weighted by Gasteiger charge is 2.22. The lowest BCUT2D eigenvalue weighted by Crippen LogP contribution is -2.38. The van der Waals surface area contributed by atoms with Gasteiger partial charge in [-0.1, -0.05) is 19.4 Å². The largest absolute Gasteiger partial charge is 0.395 e. The summed E-state index contributed by atoms with van der Waals surface area (Å²) in [6, 6.07) is 4.99. The lowest BCUT2D eigenvalue weighted by Gasteiger charge is -2.31. The maximum absolute atomic E-state index is 9.00. The van der Waals surface area contributed by atoms with Crippen molar-refractivity contribution in [3.63, 3.8) is 0 Å². The van der Waals surface area contributed by atoms with Crippen LogP contribution in [0.1, 0.15) is 36.7 Å². The first-order valence-corrected chi connectivity index (χ1v) is 7.03. The van der Waals surface area contributed by atoms with Gasteiger partial charge in [-0.2, -0.15) is 0 Å². The first-order valence-electron chi connectivity index (χ1n) is 7.03. The number of aryl methyl sites for hydroxylation is 2. The zero-order chi connectivity index (χ0) is 13.0. The van der Waals surface area contributed by atoms with Crippen LogP contribution in [0.5, 0.6) is 0 Å². The zero-order valence-corrected chi connectivity index (χ0v) is 11.5. The van der Waals surface area contributed by atoms with Crippen LogP contribution in [-0.4, -0.2) is 41.2 Å². The van der Waals surface area contributed by atoms with Crippen LogP contribution in [0, 0.1) is 0 Å². The fraction of sp³-hybridized carbons (Fsp3) is 0.667. The normalized spacial score (nSPS) is 19.0. The van der Waals surface area contributed by atoms with Gasteiger partial charge in [0, 0.05) is 24.0 Å². The molecule has 0 fully saturated rings. The van der Waals surface area contributed by atoms with Crippen molar-refractivity contribution in [2.45, 2.75) is 45.1 Å². The Balaban J connectivity index is 2.06. The van der Waals surface area contributed by atoms with Crippen LogP contribution in [0.4, 0.5) is 0 Å². The predicted octanol–water partition coefficient (Wildman–Crippen LogP) is 1.82. The number of fused-ring (bicyclic) bond motifs is 1. The van der Waals surface area contributed by atoms with Crippen molar-refractivity contribution in [1.29, 1.82) is 0 Å². The summed E-state index contributed by atoms with van der Waals surface area (Å²) in [5.74, 6) is 0. The SMILES string of the molecule is CCCc1ccc2c(n1)CC[C@H](N(C)CCO)C2. The van der Waals surface area contributed by atoms with Crippen LogP contribution in [0.3, 0.4) is 0 Å². The summed E-state index contributed by atoms with van der Waals surface area (Å²) >= 11 is 0. The van der Waals surface area contributed by atoms with E-state index in [2.05, 4.69) is 31.0 Å². The molecule has 0 spiro atoms. The molecule has 0 unspecified atom stereocenters. The van der Waals surface area contributed by atoms with Gasteiger partial charge >= 0.3 is 0 Å². The van der Waals surface area contributed by atoms with Crippen molar-refractivity contribution in [2.24, 2.45) is 0 Å². The molecule has 1 aromatic heterocycles. The summed E-state index contributed by atoms with van der Waals surface area (Å²) in [6.07, 6.45) is 5.55. The average molecular weight is 248 g/mol. The van der Waals surface area contributed by atoms with Gasteiger partial charge in [-0.05, 0) is 44.4 Å². The van der Waals surface area contributed by atoms with E-state index in [0.29, 0.717) is 6.04 Å². The Morgan fingerprint density at radius 3 is 3.00 bits per heavy atom. The Morgan fingerprint density at radius 1 is 1.44 bits per heavy atom. The van der Waals surface area contributed by atoms with E-state index < -0.39 is 0 Å². The van der Waals surface area contributed by atoms with Crippen molar-refractivity contribution in [2.75, 3.05) is 20.2 Å². The third-order valence-electron chi connectivity index (χ3n) is 3.88. The van der Waals surface area contributed by atoms with E-state index in [1.54, 1.807) is 0 Å². The summed E-state index contributed by atoms with van der Waals surface area (Å²) in [4.78, 5) is 7.04. The number of hydrogen-bond donors (Lipinski definition) is 1. The van der Waals surface area contributed by atoms with Crippen molar-refractivity contribution in [1.82, 2.24) is 9.88 Å². The van der Waals surface area contributed by atoms with E-state index in [9.17, 15) is 0 Å². The molecule has 3 nitrogen and oxygen atoms in total. The predicted molar refractivity (Wildman–Crippen MR) is 73.8 cm³/mol. The van der Waals surface area contributed by atoms with Crippen molar-refractivity contribution in [3.8, 4) is 0 Å². The number of aliphatic hydroxyl groups is 1. The summed E-state index contributed by atoms with van der Waals surface area (Å²) in [7, 11) is 2.10. The quantitative estimate of drug-likeness (QED) is 0.863. The lowest BCUT2D eigenvalue weighted by atomic mass is 9.90. The molecular weight excluding hydrogens is 224 g/mol. The minimum atomic E-state index is 0.244. The van der Waals surface area contributed by atoms with Crippen LogP contribution in [-0.2, 0) is 19.3 Å². The molecule has 1 aliphatic rings. The first-order chi connectivity index (χ1) is 8.74. The number of aliphatic hydroxyl groups excluding tert-OH is 1. The maximum Gasteiger partial charge on any atom is 0.0558 e. The van der Waals surface area contributed by atoms with Gasteiger partial charge in [-0.25, -0.2) is 0 Å². The number of rotatable bonds is 5. The molecule has 0 saturated heterocycles. The molecule has 0 amide bonds. The molecule has 1 aliphatic carbocycles. The second-order valence-corrected chi connectivity index (χ2v) is 5.26. The summed E-state index contributed by atoms with van der Waals surface area (Å²) in [5.41, 5.74) is 3.93. The minimum absolute atomic E-state index is 0.244. The van der Waals surface area contributed by atoms with Gasteiger partial charge in [0.1, 0.15) is 0 Å². The Kier molecular flexibility index (Phi) is 4.72. The van der Waals surface area contributed by atoms with E-state index in [4.69, 9.17) is 10.1 Å². The average Bonchev–Trinajstić information content (AvgIpc) is 2.39. The van der Waals surface area contributed by atoms with E-state index >= 15 is 0 Å². The summed E-state index contributed by atoms with van der Waals surface area (Å²) in [5, 5.41) is 9.00. The number of aromatic nitrogens is 1. The van der Waals surface area contributed by atoms with Crippen molar-refractivity contribution < 1.29 is 5.11 Å². The lowest BCUT2D eigenvalue weighted by molar-refractivity contribution is 0.169. The van der Waals surface area contributed by atoms with Gasteiger partial charge in [0.2, 0.25) is 0 Å². The van der Waals surface area contributed by atoms with Gasteiger partial charge in [-0.3, -0.25) is 4.98 Å². The molecule has 0 aliphatic heterocycles. The molecule has 0 aromatic carbocycles. The summed E-state index contributed by atoms with van der Waals surface area (Å²) in [6.45, 7) is 3.20. The van der Waals surface area contributed by atoms with E-state index in [1.807, 2.05) is 0 Å². The molecule has 2 rings (SSSR count). The van der Waals surface area contributed by atoms with Crippen LogP contribution >= 0.6 is 0 Å². The number of pyridine rings is 1. The van der Waals surface area contributed by atoms with Gasteiger partial charge < -0.3 is 10.0 Å².